The first-order valence-corrected chi connectivity index (χ1v) is 12.0. The van der Waals surface area contributed by atoms with Crippen molar-refractivity contribution >= 4 is 17.5 Å². The molecule has 5 rings (SSSR count). The normalized spacial score (nSPS) is 11.4. The number of benzene rings is 3. The average molecular weight is 579 g/mol. The molecule has 4 N–H and O–H groups in total. The highest BCUT2D eigenvalue weighted by Crippen LogP contribution is 2.34. The van der Waals surface area contributed by atoms with Gasteiger partial charge in [0.2, 0.25) is 5.95 Å². The van der Waals surface area contributed by atoms with Crippen molar-refractivity contribution < 1.29 is 31.9 Å². The third kappa shape index (κ3) is 5.52. The molecule has 2 aromatic heterocycles. The molecular weight excluding hydrogens is 561 g/mol. The van der Waals surface area contributed by atoms with Gasteiger partial charge in [-0.25, -0.2) is 18.7 Å². The molecule has 2 heterocycles. The summed E-state index contributed by atoms with van der Waals surface area (Å²) in [6, 6.07) is 14.4. The lowest BCUT2D eigenvalue weighted by Crippen LogP contribution is -2.32. The maximum absolute atomic E-state index is 15.2. The number of phenols is 1. The highest BCUT2D eigenvalue weighted by Gasteiger charge is 2.36. The molecule has 42 heavy (non-hydrogen) atoms. The number of anilines is 2. The fraction of sp³-hybridized carbons (Fsp3) is 0.0345. The fourth-order valence-electron chi connectivity index (χ4n) is 4.24. The number of hydrogen-bond donors (Lipinski definition) is 3. The Kier molecular flexibility index (Phi) is 7.17. The largest absolute Gasteiger partial charge is 0.507 e. The number of halogens is 5. The van der Waals surface area contributed by atoms with E-state index in [2.05, 4.69) is 15.3 Å². The van der Waals surface area contributed by atoms with Gasteiger partial charge in [0.25, 0.3) is 11.5 Å². The Morgan fingerprint density at radius 1 is 0.905 bits per heavy atom. The third-order valence-corrected chi connectivity index (χ3v) is 6.19. The number of nitrogen functional groups attached to an aromatic ring is 1. The van der Waals surface area contributed by atoms with E-state index < -0.39 is 40.5 Å². The number of nitrogens with one attached hydrogen (secondary N) is 1. The summed E-state index contributed by atoms with van der Waals surface area (Å²) in [5.74, 6) is -2.78. The van der Waals surface area contributed by atoms with Gasteiger partial charge in [-0.2, -0.15) is 13.2 Å². The van der Waals surface area contributed by atoms with E-state index in [1.165, 1.54) is 42.6 Å². The van der Waals surface area contributed by atoms with Gasteiger partial charge < -0.3 is 16.2 Å². The standard InChI is InChI=1S/C29H18F5N5O3/c30-16-2-5-18(6-3-16)39-25(29(32,33)34)10-8-20(27(39)42)26(41)37-17-4-7-19(22(31)14-17)15-1-9-24(40)21(13-15)23-11-12-36-28(35)38-23/h1-14,40H,(H,37,41)(H2,35,36,38). The lowest BCUT2D eigenvalue weighted by Gasteiger charge is -2.17. The van der Waals surface area contributed by atoms with Crippen molar-refractivity contribution in [1.82, 2.24) is 14.5 Å². The molecule has 0 radical (unpaired) electrons. The van der Waals surface area contributed by atoms with E-state index in [4.69, 9.17) is 5.73 Å². The summed E-state index contributed by atoms with van der Waals surface area (Å²) < 4.78 is 69.8. The number of alkyl halides is 3. The number of carbonyl (C=O) groups excluding carboxylic acids is 1. The van der Waals surface area contributed by atoms with Gasteiger partial charge in [0.1, 0.15) is 28.6 Å². The number of hydrogen-bond acceptors (Lipinski definition) is 6. The van der Waals surface area contributed by atoms with Gasteiger partial charge in [-0.1, -0.05) is 6.07 Å². The molecule has 0 aliphatic rings. The van der Waals surface area contributed by atoms with E-state index >= 15 is 4.39 Å². The lowest BCUT2D eigenvalue weighted by atomic mass is 10.00. The summed E-state index contributed by atoms with van der Waals surface area (Å²) in [7, 11) is 0. The van der Waals surface area contributed by atoms with Crippen LogP contribution in [0.3, 0.4) is 0 Å². The monoisotopic (exact) mass is 579 g/mol. The molecule has 0 unspecified atom stereocenters. The molecule has 0 aliphatic carbocycles. The Labute approximate surface area is 233 Å². The number of nitrogens with two attached hydrogens (primary N) is 1. The number of amides is 1. The Bertz CT molecular complexity index is 1890. The van der Waals surface area contributed by atoms with Gasteiger partial charge in [0, 0.05) is 28.7 Å². The van der Waals surface area contributed by atoms with Crippen LogP contribution in [0.2, 0.25) is 0 Å². The second kappa shape index (κ2) is 10.8. The average Bonchev–Trinajstić information content (AvgIpc) is 2.93. The van der Waals surface area contributed by atoms with Crippen LogP contribution >= 0.6 is 0 Å². The molecule has 13 heteroatoms. The summed E-state index contributed by atoms with van der Waals surface area (Å²) >= 11 is 0. The minimum atomic E-state index is -4.96. The van der Waals surface area contributed by atoms with Gasteiger partial charge in [0.05, 0.1) is 5.69 Å². The van der Waals surface area contributed by atoms with Crippen molar-refractivity contribution in [2.45, 2.75) is 6.18 Å². The molecule has 5 aromatic rings. The van der Waals surface area contributed by atoms with Crippen LogP contribution in [-0.4, -0.2) is 25.5 Å². The predicted molar refractivity (Wildman–Crippen MR) is 144 cm³/mol. The van der Waals surface area contributed by atoms with Gasteiger partial charge in [0.15, 0.2) is 0 Å². The molecule has 0 fully saturated rings. The third-order valence-electron chi connectivity index (χ3n) is 6.19. The second-order valence-electron chi connectivity index (χ2n) is 8.93. The number of aromatic hydroxyl groups is 1. The highest BCUT2D eigenvalue weighted by atomic mass is 19.4. The number of nitrogens with zero attached hydrogens (tertiary/aromatic N) is 3. The molecule has 0 bridgehead atoms. The zero-order valence-electron chi connectivity index (χ0n) is 21.2. The molecule has 8 nitrogen and oxygen atoms in total. The molecule has 0 saturated heterocycles. The van der Waals surface area contributed by atoms with Crippen molar-refractivity contribution in [3.8, 4) is 33.8 Å². The zero-order chi connectivity index (χ0) is 30.2. The summed E-state index contributed by atoms with van der Waals surface area (Å²) in [4.78, 5) is 33.8. The molecule has 0 spiro atoms. The Balaban J connectivity index is 1.46. The van der Waals surface area contributed by atoms with Crippen molar-refractivity contribution in [2.24, 2.45) is 0 Å². The molecule has 1 amide bonds. The topological polar surface area (TPSA) is 123 Å². The van der Waals surface area contributed by atoms with E-state index in [-0.39, 0.29) is 38.8 Å². The quantitative estimate of drug-likeness (QED) is 0.226. The molecular formula is C29H18F5N5O3. The van der Waals surface area contributed by atoms with E-state index in [1.54, 1.807) is 0 Å². The Hall–Kier alpha value is -5.59. The van der Waals surface area contributed by atoms with Crippen molar-refractivity contribution in [3.05, 3.63) is 118 Å². The van der Waals surface area contributed by atoms with Crippen LogP contribution < -0.4 is 16.6 Å². The van der Waals surface area contributed by atoms with Crippen molar-refractivity contribution in [3.63, 3.8) is 0 Å². The van der Waals surface area contributed by atoms with Gasteiger partial charge in [-0.15, -0.1) is 0 Å². The van der Waals surface area contributed by atoms with Crippen molar-refractivity contribution in [1.29, 1.82) is 0 Å². The van der Waals surface area contributed by atoms with Gasteiger partial charge in [-0.05, 0) is 78.4 Å². The van der Waals surface area contributed by atoms with E-state index in [0.29, 0.717) is 23.4 Å². The number of carbonyl (C=O) groups is 1. The summed E-state index contributed by atoms with van der Waals surface area (Å²) in [5, 5.41) is 12.6. The van der Waals surface area contributed by atoms with E-state index in [0.717, 1.165) is 30.3 Å². The number of rotatable bonds is 5. The number of aromatic nitrogens is 3. The molecule has 0 aliphatic heterocycles. The van der Waals surface area contributed by atoms with Gasteiger partial charge in [-0.3, -0.25) is 14.2 Å². The molecule has 0 atom stereocenters. The second-order valence-corrected chi connectivity index (χ2v) is 8.93. The van der Waals surface area contributed by atoms with Crippen molar-refractivity contribution in [2.75, 3.05) is 11.1 Å². The van der Waals surface area contributed by atoms with Crippen LogP contribution in [0.1, 0.15) is 16.1 Å². The first-order chi connectivity index (χ1) is 19.9. The lowest BCUT2D eigenvalue weighted by molar-refractivity contribution is -0.142. The minimum absolute atomic E-state index is 0.0268. The number of pyridine rings is 1. The smallest absolute Gasteiger partial charge is 0.431 e. The SMILES string of the molecule is Nc1nccc(-c2cc(-c3ccc(NC(=O)c4ccc(C(F)(F)F)n(-c5ccc(F)cc5)c4=O)cc3F)ccc2O)n1. The van der Waals surface area contributed by atoms with Gasteiger partial charge >= 0.3 is 6.18 Å². The maximum Gasteiger partial charge on any atom is 0.431 e. The predicted octanol–water partition coefficient (Wildman–Crippen LogP) is 5.80. The van der Waals surface area contributed by atoms with Crippen LogP contribution in [0.4, 0.5) is 33.6 Å². The highest BCUT2D eigenvalue weighted by molar-refractivity contribution is 6.04. The molecule has 212 valence electrons. The van der Waals surface area contributed by atoms with Crippen LogP contribution in [-0.2, 0) is 6.18 Å². The Morgan fingerprint density at radius 3 is 2.31 bits per heavy atom. The van der Waals surface area contributed by atoms with E-state index in [1.807, 2.05) is 0 Å². The summed E-state index contributed by atoms with van der Waals surface area (Å²) in [5.41, 5.74) is 2.87. The summed E-state index contributed by atoms with van der Waals surface area (Å²) in [6.07, 6.45) is -3.57. The number of phenolic OH excluding ortho intramolecular Hbond substituents is 1. The first-order valence-electron chi connectivity index (χ1n) is 12.0. The van der Waals surface area contributed by atoms with Crippen LogP contribution in [0, 0.1) is 11.6 Å². The fourth-order valence-corrected chi connectivity index (χ4v) is 4.24. The molecule has 0 saturated carbocycles. The zero-order valence-corrected chi connectivity index (χ0v) is 21.2. The molecule has 3 aromatic carbocycles. The minimum Gasteiger partial charge on any atom is -0.507 e. The first kappa shape index (κ1) is 28.0. The summed E-state index contributed by atoms with van der Waals surface area (Å²) in [6.45, 7) is 0. The van der Waals surface area contributed by atoms with Crippen LogP contribution in [0.15, 0.2) is 89.9 Å². The van der Waals surface area contributed by atoms with Crippen LogP contribution in [0.5, 0.6) is 5.75 Å². The maximum atomic E-state index is 15.2. The van der Waals surface area contributed by atoms with Crippen LogP contribution in [0.25, 0.3) is 28.1 Å². The van der Waals surface area contributed by atoms with E-state index in [9.17, 15) is 32.3 Å². The Morgan fingerprint density at radius 2 is 1.64 bits per heavy atom.